The van der Waals surface area contributed by atoms with Gasteiger partial charge in [0.2, 0.25) is 0 Å². The maximum absolute atomic E-state index is 12.5. The molecule has 0 unspecified atom stereocenters. The van der Waals surface area contributed by atoms with Gasteiger partial charge >= 0.3 is 187 Å². The number of allylic oxidation sites excluding steroid dienone is 3. The topological polar surface area (TPSA) is 46.2 Å². The summed E-state index contributed by atoms with van der Waals surface area (Å²) in [5.41, 5.74) is 5.08. The number of carbonyl (C=O) groups excluding carboxylic acids is 2. The molecular formula is C25H16InNO2S. The fraction of sp³-hybridized carbons (Fsp3) is 0.0400. The van der Waals surface area contributed by atoms with Crippen molar-refractivity contribution in [3.8, 4) is 0 Å². The van der Waals surface area contributed by atoms with Crippen LogP contribution >= 0.6 is 11.8 Å². The van der Waals surface area contributed by atoms with E-state index in [0.29, 0.717) is 4.91 Å². The monoisotopic (exact) mass is 509 g/mol. The number of imide groups is 1. The van der Waals surface area contributed by atoms with E-state index in [4.69, 9.17) is 0 Å². The van der Waals surface area contributed by atoms with E-state index < -0.39 is 21.4 Å². The summed E-state index contributed by atoms with van der Waals surface area (Å²) in [6.07, 6.45) is 0. The molecule has 142 valence electrons. The van der Waals surface area contributed by atoms with Gasteiger partial charge in [0.05, 0.1) is 0 Å². The standard InChI is InChI=1S/C25H16NO2S.In/c27-24-23(29-25(28)26-24)17-21(18-10-4-1-5-11-18)16-22(19-12-6-2-7-13-19)20-14-8-3-9-15-20;/h1-10,12-15,22H,(H,26,27,28);. The Morgan fingerprint density at radius 2 is 1.37 bits per heavy atom. The molecule has 3 nitrogen and oxygen atoms in total. The molecule has 0 radical (unpaired) electrons. The van der Waals surface area contributed by atoms with Crippen molar-refractivity contribution in [2.24, 2.45) is 0 Å². The molecule has 30 heavy (non-hydrogen) atoms. The molecule has 0 atom stereocenters. The minimum atomic E-state index is -2.63. The van der Waals surface area contributed by atoms with Crippen molar-refractivity contribution in [1.29, 1.82) is 0 Å². The second-order valence-electron chi connectivity index (χ2n) is 7.69. The average Bonchev–Trinajstić information content (AvgIpc) is 3.40. The molecule has 7 rings (SSSR count). The van der Waals surface area contributed by atoms with E-state index in [1.165, 1.54) is 32.2 Å². The van der Waals surface area contributed by atoms with Crippen molar-refractivity contribution in [3.05, 3.63) is 113 Å². The molecule has 3 aromatic carbocycles. The van der Waals surface area contributed by atoms with E-state index in [1.54, 1.807) is 0 Å². The van der Waals surface area contributed by atoms with E-state index >= 15 is 0 Å². The first-order valence-corrected chi connectivity index (χ1v) is 15.7. The second-order valence-corrected chi connectivity index (χ2v) is 16.3. The summed E-state index contributed by atoms with van der Waals surface area (Å²) in [5, 5.41) is 2.20. The van der Waals surface area contributed by atoms with Crippen LogP contribution in [0.5, 0.6) is 0 Å². The zero-order valence-electron chi connectivity index (χ0n) is 16.0. The average molecular weight is 509 g/mol. The number of amides is 2. The van der Waals surface area contributed by atoms with Gasteiger partial charge in [-0.25, -0.2) is 0 Å². The molecule has 4 aliphatic rings. The number of rotatable bonds is 3. The quantitative estimate of drug-likeness (QED) is 0.536. The first kappa shape index (κ1) is 18.3. The SMILES string of the molecule is O=C1NC(=O)/C(=[C]2/C3=[C](C(c4ccccc4)c4ccccc4)[In]2[c]2ccccc23)S1. The van der Waals surface area contributed by atoms with Gasteiger partial charge in [0.1, 0.15) is 0 Å². The second kappa shape index (κ2) is 7.03. The Bertz CT molecular complexity index is 1240. The van der Waals surface area contributed by atoms with Gasteiger partial charge in [0, 0.05) is 0 Å². The molecular weight excluding hydrogens is 493 g/mol. The van der Waals surface area contributed by atoms with Crippen LogP contribution in [0.15, 0.2) is 96.5 Å². The van der Waals surface area contributed by atoms with E-state index in [9.17, 15) is 9.59 Å². The fourth-order valence-electron chi connectivity index (χ4n) is 5.01. The predicted molar refractivity (Wildman–Crippen MR) is 122 cm³/mol. The van der Waals surface area contributed by atoms with Gasteiger partial charge in [-0.05, 0) is 0 Å². The van der Waals surface area contributed by atoms with Crippen LogP contribution in [0, 0.1) is 0 Å². The predicted octanol–water partition coefficient (Wildman–Crippen LogP) is 4.32. The van der Waals surface area contributed by atoms with Crippen LogP contribution in [0.2, 0.25) is 0 Å². The molecule has 1 saturated heterocycles. The van der Waals surface area contributed by atoms with Crippen molar-refractivity contribution >= 4 is 53.2 Å². The molecule has 4 heterocycles. The summed E-state index contributed by atoms with van der Waals surface area (Å²) in [6.45, 7) is 0. The van der Waals surface area contributed by atoms with Crippen molar-refractivity contribution in [2.45, 2.75) is 5.92 Å². The van der Waals surface area contributed by atoms with Crippen molar-refractivity contribution in [1.82, 2.24) is 5.32 Å². The summed E-state index contributed by atoms with van der Waals surface area (Å²) in [5.74, 6) is -0.0212. The van der Waals surface area contributed by atoms with Crippen molar-refractivity contribution < 1.29 is 9.59 Å². The van der Waals surface area contributed by atoms with E-state index in [1.807, 2.05) is 0 Å². The van der Waals surface area contributed by atoms with Crippen molar-refractivity contribution in [2.75, 3.05) is 0 Å². The summed E-state index contributed by atoms with van der Waals surface area (Å²) in [6, 6.07) is 29.9. The Labute approximate surface area is 186 Å². The number of hydrogen-bond acceptors (Lipinski definition) is 3. The minimum absolute atomic E-state index is 0.199. The Hall–Kier alpha value is -2.50. The van der Waals surface area contributed by atoms with Gasteiger partial charge < -0.3 is 0 Å². The third-order valence-corrected chi connectivity index (χ3v) is 17.7. The summed E-state index contributed by atoms with van der Waals surface area (Å²) in [4.78, 5) is 25.0. The number of carbonyl (C=O) groups is 2. The Morgan fingerprint density at radius 1 is 0.767 bits per heavy atom. The van der Waals surface area contributed by atoms with Gasteiger partial charge in [-0.15, -0.1) is 0 Å². The zero-order valence-corrected chi connectivity index (χ0v) is 20.1. The van der Waals surface area contributed by atoms with Gasteiger partial charge in [0.25, 0.3) is 0 Å². The molecule has 4 aliphatic heterocycles. The Balaban J connectivity index is 1.60. The van der Waals surface area contributed by atoms with Crippen LogP contribution in [0.4, 0.5) is 4.79 Å². The van der Waals surface area contributed by atoms with Crippen LogP contribution < -0.4 is 8.64 Å². The number of hydrogen-bond donors (Lipinski definition) is 1. The van der Waals surface area contributed by atoms with E-state index in [-0.39, 0.29) is 17.1 Å². The molecule has 0 saturated carbocycles. The maximum atomic E-state index is 12.5. The fourth-order valence-corrected chi connectivity index (χ4v) is 18.1. The van der Waals surface area contributed by atoms with E-state index in [2.05, 4.69) is 90.2 Å². The van der Waals surface area contributed by atoms with Gasteiger partial charge in [0.15, 0.2) is 0 Å². The molecule has 5 heteroatoms. The third-order valence-electron chi connectivity index (χ3n) is 6.14. The number of thioether (sulfide) groups is 1. The molecule has 1 fully saturated rings. The summed E-state index contributed by atoms with van der Waals surface area (Å²) in [7, 11) is 0. The molecule has 3 aromatic rings. The van der Waals surface area contributed by atoms with Crippen LogP contribution in [-0.2, 0) is 4.79 Å². The van der Waals surface area contributed by atoms with Crippen molar-refractivity contribution in [3.63, 3.8) is 0 Å². The number of nitrogens with one attached hydrogen (secondary N) is 1. The first-order valence-electron chi connectivity index (χ1n) is 9.95. The summed E-state index contributed by atoms with van der Waals surface area (Å²) < 4.78 is 4.19. The number of benzene rings is 3. The molecule has 0 spiro atoms. The van der Waals surface area contributed by atoms with Crippen LogP contribution in [0.3, 0.4) is 0 Å². The normalized spacial score (nSPS) is 19.3. The van der Waals surface area contributed by atoms with Gasteiger partial charge in [-0.3, -0.25) is 0 Å². The van der Waals surface area contributed by atoms with E-state index in [0.717, 1.165) is 11.8 Å². The van der Waals surface area contributed by atoms with Crippen LogP contribution in [-0.4, -0.2) is 32.6 Å². The Kier molecular flexibility index (Phi) is 4.29. The summed E-state index contributed by atoms with van der Waals surface area (Å²) >= 11 is -1.55. The first-order chi connectivity index (χ1) is 14.7. The third kappa shape index (κ3) is 2.62. The molecule has 2 bridgehead atoms. The molecule has 0 aromatic heterocycles. The van der Waals surface area contributed by atoms with Crippen LogP contribution in [0.25, 0.3) is 5.57 Å². The molecule has 2 amide bonds. The Morgan fingerprint density at radius 3 is 1.93 bits per heavy atom. The molecule has 0 aliphatic carbocycles. The van der Waals surface area contributed by atoms with Gasteiger partial charge in [-0.2, -0.15) is 0 Å². The van der Waals surface area contributed by atoms with Crippen LogP contribution in [0.1, 0.15) is 22.6 Å². The molecule has 1 N–H and O–H groups in total. The van der Waals surface area contributed by atoms with Gasteiger partial charge in [-0.1, -0.05) is 0 Å². The zero-order chi connectivity index (χ0) is 20.2.